The number of ether oxygens (including phenoxy) is 1. The van der Waals surface area contributed by atoms with Crippen LogP contribution in [0.3, 0.4) is 0 Å². The van der Waals surface area contributed by atoms with Gasteiger partial charge in [-0.05, 0) is 30.3 Å². The molecule has 0 amide bonds. The number of aromatic nitrogens is 5. The van der Waals surface area contributed by atoms with E-state index in [9.17, 15) is 4.79 Å². The van der Waals surface area contributed by atoms with Gasteiger partial charge in [0.2, 0.25) is 0 Å². The maximum absolute atomic E-state index is 12.5. The van der Waals surface area contributed by atoms with Crippen molar-refractivity contribution in [2.45, 2.75) is 0 Å². The van der Waals surface area contributed by atoms with E-state index in [2.05, 4.69) is 35.1 Å². The van der Waals surface area contributed by atoms with Gasteiger partial charge in [-0.15, -0.1) is 0 Å². The number of morpholine rings is 1. The highest BCUT2D eigenvalue weighted by Gasteiger charge is 2.14. The first-order valence-corrected chi connectivity index (χ1v) is 9.61. The van der Waals surface area contributed by atoms with E-state index in [1.165, 1.54) is 12.7 Å². The summed E-state index contributed by atoms with van der Waals surface area (Å²) in [6, 6.07) is 9.80. The van der Waals surface area contributed by atoms with Crippen LogP contribution in [-0.2, 0) is 4.74 Å². The third kappa shape index (κ3) is 3.58. The minimum atomic E-state index is -0.254. The van der Waals surface area contributed by atoms with Crippen LogP contribution in [0.2, 0.25) is 0 Å². The number of aromatic amines is 1. The molecule has 4 aromatic rings. The first-order chi connectivity index (χ1) is 14.8. The van der Waals surface area contributed by atoms with Gasteiger partial charge in [0.1, 0.15) is 17.5 Å². The maximum Gasteiger partial charge on any atom is 0.262 e. The van der Waals surface area contributed by atoms with E-state index in [4.69, 9.17) is 4.74 Å². The molecule has 0 atom stereocenters. The largest absolute Gasteiger partial charge is 0.378 e. The summed E-state index contributed by atoms with van der Waals surface area (Å²) in [4.78, 5) is 34.5. The molecule has 9 nitrogen and oxygen atoms in total. The van der Waals surface area contributed by atoms with E-state index >= 15 is 0 Å². The number of rotatable bonds is 4. The highest BCUT2D eigenvalue weighted by molar-refractivity contribution is 5.92. The lowest BCUT2D eigenvalue weighted by atomic mass is 10.1. The monoisotopic (exact) mass is 401 g/mol. The fourth-order valence-corrected chi connectivity index (χ4v) is 3.47. The standard InChI is InChI=1S/C21H19N7O2/c29-21-19-18(24-13-25-21)9-17(14-10-22-12-23-11-14)27-20(19)26-15-1-3-16(4-2-15)28-5-7-30-8-6-28/h1-4,9-13H,5-8H2,(H,26,27)(H,24,25,29). The van der Waals surface area contributed by atoms with Crippen LogP contribution >= 0.6 is 0 Å². The summed E-state index contributed by atoms with van der Waals surface area (Å²) in [6.07, 6.45) is 6.20. The Balaban J connectivity index is 1.52. The molecule has 5 rings (SSSR count). The molecule has 30 heavy (non-hydrogen) atoms. The Morgan fingerprint density at radius 3 is 2.60 bits per heavy atom. The fraction of sp³-hybridized carbons (Fsp3) is 0.190. The lowest BCUT2D eigenvalue weighted by Crippen LogP contribution is -2.36. The highest BCUT2D eigenvalue weighted by atomic mass is 16.5. The fourth-order valence-electron chi connectivity index (χ4n) is 3.47. The van der Waals surface area contributed by atoms with Crippen molar-refractivity contribution in [3.8, 4) is 11.3 Å². The zero-order chi connectivity index (χ0) is 20.3. The molecule has 0 bridgehead atoms. The molecule has 4 heterocycles. The molecule has 0 saturated carbocycles. The van der Waals surface area contributed by atoms with Crippen molar-refractivity contribution in [3.63, 3.8) is 0 Å². The van der Waals surface area contributed by atoms with E-state index in [1.54, 1.807) is 18.5 Å². The molecule has 150 valence electrons. The maximum atomic E-state index is 12.5. The number of hydrogen-bond donors (Lipinski definition) is 2. The van der Waals surface area contributed by atoms with E-state index in [-0.39, 0.29) is 5.56 Å². The zero-order valence-electron chi connectivity index (χ0n) is 16.1. The molecule has 1 aromatic carbocycles. The molecular formula is C21H19N7O2. The first kappa shape index (κ1) is 18.2. The predicted octanol–water partition coefficient (Wildman–Crippen LogP) is 2.36. The Labute approximate surface area is 171 Å². The zero-order valence-corrected chi connectivity index (χ0v) is 16.1. The Morgan fingerprint density at radius 2 is 1.83 bits per heavy atom. The second-order valence-electron chi connectivity index (χ2n) is 6.88. The van der Waals surface area contributed by atoms with E-state index in [0.29, 0.717) is 22.4 Å². The summed E-state index contributed by atoms with van der Waals surface area (Å²) < 4.78 is 5.41. The Bertz CT molecular complexity index is 1220. The second-order valence-corrected chi connectivity index (χ2v) is 6.88. The van der Waals surface area contributed by atoms with Gasteiger partial charge in [-0.1, -0.05) is 0 Å². The van der Waals surface area contributed by atoms with Crippen LogP contribution in [0.25, 0.3) is 22.2 Å². The minimum Gasteiger partial charge on any atom is -0.378 e. The molecule has 2 N–H and O–H groups in total. The molecule has 9 heteroatoms. The van der Waals surface area contributed by atoms with Gasteiger partial charge in [-0.3, -0.25) is 4.79 Å². The van der Waals surface area contributed by atoms with Gasteiger partial charge >= 0.3 is 0 Å². The quantitative estimate of drug-likeness (QED) is 0.536. The molecule has 0 radical (unpaired) electrons. The average molecular weight is 401 g/mol. The smallest absolute Gasteiger partial charge is 0.262 e. The number of H-pyrrole nitrogens is 1. The number of pyridine rings is 1. The summed E-state index contributed by atoms with van der Waals surface area (Å²) >= 11 is 0. The van der Waals surface area contributed by atoms with Gasteiger partial charge in [-0.25, -0.2) is 19.9 Å². The normalized spacial score (nSPS) is 14.1. The molecule has 1 fully saturated rings. The van der Waals surface area contributed by atoms with Gasteiger partial charge in [0.15, 0.2) is 0 Å². The molecule has 0 spiro atoms. The van der Waals surface area contributed by atoms with Crippen molar-refractivity contribution in [1.29, 1.82) is 0 Å². The number of nitrogens with one attached hydrogen (secondary N) is 2. The SMILES string of the molecule is O=c1[nH]cnc2cc(-c3cncnc3)nc(Nc3ccc(N4CCOCC4)cc3)c12. The third-order valence-electron chi connectivity index (χ3n) is 4.99. The molecular weight excluding hydrogens is 382 g/mol. The Morgan fingerprint density at radius 1 is 1.07 bits per heavy atom. The van der Waals surface area contributed by atoms with Crippen molar-refractivity contribution < 1.29 is 4.74 Å². The summed E-state index contributed by atoms with van der Waals surface area (Å²) in [7, 11) is 0. The van der Waals surface area contributed by atoms with Crippen molar-refractivity contribution in [1.82, 2.24) is 24.9 Å². The van der Waals surface area contributed by atoms with Gasteiger partial charge in [0, 0.05) is 42.4 Å². The van der Waals surface area contributed by atoms with E-state index in [0.717, 1.165) is 43.2 Å². The molecule has 1 saturated heterocycles. The third-order valence-corrected chi connectivity index (χ3v) is 4.99. The van der Waals surface area contributed by atoms with Crippen LogP contribution in [0.5, 0.6) is 0 Å². The summed E-state index contributed by atoms with van der Waals surface area (Å²) in [5.74, 6) is 0.430. The molecule has 1 aliphatic rings. The van der Waals surface area contributed by atoms with Crippen LogP contribution in [0.4, 0.5) is 17.2 Å². The van der Waals surface area contributed by atoms with Gasteiger partial charge in [0.05, 0.1) is 30.8 Å². The van der Waals surface area contributed by atoms with Gasteiger partial charge in [-0.2, -0.15) is 0 Å². The lowest BCUT2D eigenvalue weighted by Gasteiger charge is -2.28. The van der Waals surface area contributed by atoms with Crippen LogP contribution < -0.4 is 15.8 Å². The van der Waals surface area contributed by atoms with Crippen LogP contribution in [0.1, 0.15) is 0 Å². The molecule has 3 aromatic heterocycles. The van der Waals surface area contributed by atoms with Crippen molar-refractivity contribution >= 4 is 28.1 Å². The van der Waals surface area contributed by atoms with Crippen molar-refractivity contribution in [2.24, 2.45) is 0 Å². The molecule has 1 aliphatic heterocycles. The second kappa shape index (κ2) is 7.88. The summed E-state index contributed by atoms with van der Waals surface area (Å²) in [6.45, 7) is 3.23. The first-order valence-electron chi connectivity index (χ1n) is 9.61. The van der Waals surface area contributed by atoms with Crippen molar-refractivity contribution in [2.75, 3.05) is 36.5 Å². The Kier molecular flexibility index (Phi) is 4.78. The summed E-state index contributed by atoms with van der Waals surface area (Å²) in [5, 5.41) is 3.67. The van der Waals surface area contributed by atoms with Crippen LogP contribution in [-0.4, -0.2) is 51.2 Å². The number of benzene rings is 1. The number of anilines is 3. The molecule has 0 aliphatic carbocycles. The van der Waals surface area contributed by atoms with E-state index < -0.39 is 0 Å². The van der Waals surface area contributed by atoms with Crippen LogP contribution in [0.15, 0.2) is 60.2 Å². The highest BCUT2D eigenvalue weighted by Crippen LogP contribution is 2.27. The van der Waals surface area contributed by atoms with E-state index in [1.807, 2.05) is 24.3 Å². The Hall–Kier alpha value is -3.85. The average Bonchev–Trinajstić information content (AvgIpc) is 2.81. The van der Waals surface area contributed by atoms with Crippen molar-refractivity contribution in [3.05, 3.63) is 65.7 Å². The lowest BCUT2D eigenvalue weighted by molar-refractivity contribution is 0.122. The number of hydrogen-bond acceptors (Lipinski definition) is 8. The van der Waals surface area contributed by atoms with Crippen LogP contribution in [0, 0.1) is 0 Å². The predicted molar refractivity (Wildman–Crippen MR) is 114 cm³/mol. The number of fused-ring (bicyclic) bond motifs is 1. The summed E-state index contributed by atoms with van der Waals surface area (Å²) in [5.41, 5.74) is 3.62. The van der Waals surface area contributed by atoms with Gasteiger partial charge in [0.25, 0.3) is 5.56 Å². The number of nitrogens with zero attached hydrogens (tertiary/aromatic N) is 5. The van der Waals surface area contributed by atoms with Gasteiger partial charge < -0.3 is 19.9 Å². The minimum absolute atomic E-state index is 0.254. The topological polar surface area (TPSA) is 109 Å². The molecule has 0 unspecified atom stereocenters.